The Bertz CT molecular complexity index is 1100. The van der Waals surface area contributed by atoms with Crippen LogP contribution in [0, 0.1) is 11.6 Å². The smallest absolute Gasteiger partial charge is 0.242 e. The van der Waals surface area contributed by atoms with E-state index in [4.69, 9.17) is 0 Å². The lowest BCUT2D eigenvalue weighted by atomic mass is 10.0. The predicted octanol–water partition coefficient (Wildman–Crippen LogP) is 3.81. The number of aromatic nitrogens is 1. The van der Waals surface area contributed by atoms with Gasteiger partial charge in [-0.25, -0.2) is 8.78 Å². The first-order chi connectivity index (χ1) is 13.9. The van der Waals surface area contributed by atoms with Gasteiger partial charge in [0.2, 0.25) is 11.8 Å². The molecule has 1 saturated heterocycles. The quantitative estimate of drug-likeness (QED) is 0.540. The zero-order valence-electron chi connectivity index (χ0n) is 15.3. The van der Waals surface area contributed by atoms with E-state index in [2.05, 4.69) is 31.5 Å². The number of fused-ring (bicyclic) bond motifs is 1. The summed E-state index contributed by atoms with van der Waals surface area (Å²) < 4.78 is 28.4. The Labute approximate surface area is 174 Å². The molecule has 8 heteroatoms. The molecule has 1 fully saturated rings. The summed E-state index contributed by atoms with van der Waals surface area (Å²) in [4.78, 5) is 27.1. The molecule has 2 aromatic carbocycles. The van der Waals surface area contributed by atoms with Gasteiger partial charge in [-0.05, 0) is 60.4 Å². The minimum absolute atomic E-state index is 0.138. The number of carbonyl (C=O) groups is 2. The number of rotatable bonds is 5. The molecule has 0 radical (unpaired) electrons. The second-order valence-electron chi connectivity index (χ2n) is 7.00. The molecule has 1 unspecified atom stereocenters. The number of hydrogen-bond donors (Lipinski definition) is 3. The molecular weight excluding hydrogens is 444 g/mol. The lowest BCUT2D eigenvalue weighted by molar-refractivity contribution is -0.127. The maximum atomic E-state index is 14.5. The Morgan fingerprint density at radius 2 is 1.97 bits per heavy atom. The fourth-order valence-corrected chi connectivity index (χ4v) is 4.06. The molecule has 2 amide bonds. The molecule has 2 heterocycles. The third-order valence-electron chi connectivity index (χ3n) is 5.05. The third-order valence-corrected chi connectivity index (χ3v) is 5.51. The van der Waals surface area contributed by atoms with Gasteiger partial charge in [-0.15, -0.1) is 0 Å². The van der Waals surface area contributed by atoms with E-state index >= 15 is 0 Å². The van der Waals surface area contributed by atoms with Crippen LogP contribution in [-0.4, -0.2) is 29.4 Å². The Kier molecular flexibility index (Phi) is 5.36. The van der Waals surface area contributed by atoms with Crippen LogP contribution in [0.15, 0.2) is 40.9 Å². The number of amides is 2. The van der Waals surface area contributed by atoms with Gasteiger partial charge in [-0.3, -0.25) is 9.59 Å². The van der Waals surface area contributed by atoms with Crippen LogP contribution in [0.5, 0.6) is 0 Å². The predicted molar refractivity (Wildman–Crippen MR) is 109 cm³/mol. The van der Waals surface area contributed by atoms with Crippen LogP contribution < -0.4 is 10.6 Å². The minimum Gasteiger partial charge on any atom is -0.354 e. The van der Waals surface area contributed by atoms with E-state index in [1.54, 1.807) is 18.2 Å². The van der Waals surface area contributed by atoms with Crippen molar-refractivity contribution in [3.8, 4) is 11.3 Å². The summed E-state index contributed by atoms with van der Waals surface area (Å²) in [6, 6.07) is 8.54. The zero-order chi connectivity index (χ0) is 20.5. The van der Waals surface area contributed by atoms with Crippen molar-refractivity contribution in [1.82, 2.24) is 15.6 Å². The first-order valence-corrected chi connectivity index (χ1v) is 10.0. The average Bonchev–Trinajstić information content (AvgIpc) is 3.24. The molecular formula is C21H18BrF2N3O2. The molecule has 1 aliphatic heterocycles. The topological polar surface area (TPSA) is 74.0 Å². The summed E-state index contributed by atoms with van der Waals surface area (Å²) in [5.41, 5.74) is 2.43. The molecule has 150 valence electrons. The summed E-state index contributed by atoms with van der Waals surface area (Å²) in [5, 5.41) is 6.07. The Hall–Kier alpha value is -2.74. The number of carbonyl (C=O) groups excluding carboxylic acids is 2. The molecule has 0 bridgehead atoms. The van der Waals surface area contributed by atoms with Crippen molar-refractivity contribution in [1.29, 1.82) is 0 Å². The number of aromatic amines is 1. The van der Waals surface area contributed by atoms with Gasteiger partial charge >= 0.3 is 0 Å². The molecule has 0 saturated carbocycles. The highest BCUT2D eigenvalue weighted by Crippen LogP contribution is 2.34. The number of aryl methyl sites for hydroxylation is 1. The van der Waals surface area contributed by atoms with Crippen LogP contribution in [0.4, 0.5) is 8.78 Å². The number of H-pyrrole nitrogens is 1. The lowest BCUT2D eigenvalue weighted by Crippen LogP contribution is -2.40. The van der Waals surface area contributed by atoms with Gasteiger partial charge in [0.1, 0.15) is 17.7 Å². The Morgan fingerprint density at radius 1 is 1.21 bits per heavy atom. The number of nitrogens with one attached hydrogen (secondary N) is 3. The highest BCUT2D eigenvalue weighted by Gasteiger charge is 2.25. The second kappa shape index (κ2) is 7.94. The van der Waals surface area contributed by atoms with E-state index in [0.717, 1.165) is 5.56 Å². The average molecular weight is 462 g/mol. The second-order valence-corrected chi connectivity index (χ2v) is 7.91. The van der Waals surface area contributed by atoms with Gasteiger partial charge in [0.05, 0.1) is 5.52 Å². The van der Waals surface area contributed by atoms with Crippen LogP contribution in [-0.2, 0) is 16.0 Å². The molecule has 1 atom stereocenters. The number of halogens is 3. The molecule has 3 aromatic rings. The van der Waals surface area contributed by atoms with Crippen molar-refractivity contribution in [2.45, 2.75) is 25.3 Å². The number of hydrogen-bond acceptors (Lipinski definition) is 2. The molecule has 0 aliphatic carbocycles. The van der Waals surface area contributed by atoms with Crippen LogP contribution in [0.25, 0.3) is 22.2 Å². The fourth-order valence-electron chi connectivity index (χ4n) is 3.63. The first-order valence-electron chi connectivity index (χ1n) is 9.25. The Balaban J connectivity index is 1.65. The minimum atomic E-state index is -0.506. The highest BCUT2D eigenvalue weighted by molar-refractivity contribution is 9.10. The van der Waals surface area contributed by atoms with Crippen molar-refractivity contribution in [3.63, 3.8) is 0 Å². The zero-order valence-corrected chi connectivity index (χ0v) is 16.9. The van der Waals surface area contributed by atoms with E-state index in [9.17, 15) is 18.4 Å². The summed E-state index contributed by atoms with van der Waals surface area (Å²) in [5.74, 6) is -1.21. The monoisotopic (exact) mass is 461 g/mol. The summed E-state index contributed by atoms with van der Waals surface area (Å²) in [7, 11) is 0. The first kappa shape index (κ1) is 19.6. The van der Waals surface area contributed by atoms with Gasteiger partial charge in [0.25, 0.3) is 0 Å². The van der Waals surface area contributed by atoms with Gasteiger partial charge < -0.3 is 15.6 Å². The van der Waals surface area contributed by atoms with Crippen molar-refractivity contribution in [2.24, 2.45) is 0 Å². The standard InChI is InChI=1S/C21H18BrF2N3O2/c22-12-9-15-14(5-6-18(28)26-17-7-8-25-21(17)29)19(27-20(15)16(24)10-12)11-1-3-13(23)4-2-11/h1-4,9-10,17,27H,5-8H2,(H,25,29)(H,26,28). The fraction of sp³-hybridized carbons (Fsp3) is 0.238. The van der Waals surface area contributed by atoms with Crippen molar-refractivity contribution in [2.75, 3.05) is 6.54 Å². The molecule has 1 aromatic heterocycles. The van der Waals surface area contributed by atoms with Crippen molar-refractivity contribution < 1.29 is 18.4 Å². The van der Waals surface area contributed by atoms with E-state index in [0.29, 0.717) is 46.0 Å². The summed E-state index contributed by atoms with van der Waals surface area (Å²) in [6.07, 6.45) is 1.04. The maximum absolute atomic E-state index is 14.5. The molecule has 3 N–H and O–H groups in total. The molecule has 4 rings (SSSR count). The Morgan fingerprint density at radius 3 is 2.66 bits per heavy atom. The van der Waals surface area contributed by atoms with Crippen LogP contribution >= 0.6 is 15.9 Å². The molecule has 1 aliphatic rings. The maximum Gasteiger partial charge on any atom is 0.242 e. The lowest BCUT2D eigenvalue weighted by Gasteiger charge is -2.10. The van der Waals surface area contributed by atoms with E-state index in [1.165, 1.54) is 18.2 Å². The van der Waals surface area contributed by atoms with Crippen LogP contribution in [0.2, 0.25) is 0 Å². The highest BCUT2D eigenvalue weighted by atomic mass is 79.9. The van der Waals surface area contributed by atoms with Crippen LogP contribution in [0.1, 0.15) is 18.4 Å². The van der Waals surface area contributed by atoms with Crippen molar-refractivity contribution >= 4 is 38.6 Å². The third kappa shape index (κ3) is 4.03. The largest absolute Gasteiger partial charge is 0.354 e. The SMILES string of the molecule is O=C(CCc1c(-c2ccc(F)cc2)[nH]c2c(F)cc(Br)cc12)NC1CCNC1=O. The van der Waals surface area contributed by atoms with Gasteiger partial charge in [0.15, 0.2) is 0 Å². The van der Waals surface area contributed by atoms with Gasteiger partial charge in [-0.2, -0.15) is 0 Å². The summed E-state index contributed by atoms with van der Waals surface area (Å²) in [6.45, 7) is 0.550. The van der Waals surface area contributed by atoms with E-state index in [1.807, 2.05) is 0 Å². The van der Waals surface area contributed by atoms with Gasteiger partial charge in [0, 0.05) is 28.5 Å². The van der Waals surface area contributed by atoms with E-state index in [-0.39, 0.29) is 24.1 Å². The molecule has 0 spiro atoms. The molecule has 5 nitrogen and oxygen atoms in total. The summed E-state index contributed by atoms with van der Waals surface area (Å²) >= 11 is 3.31. The number of benzene rings is 2. The van der Waals surface area contributed by atoms with Crippen molar-refractivity contribution in [3.05, 3.63) is 58.1 Å². The van der Waals surface area contributed by atoms with Gasteiger partial charge in [-0.1, -0.05) is 15.9 Å². The molecule has 29 heavy (non-hydrogen) atoms. The van der Waals surface area contributed by atoms with E-state index < -0.39 is 11.9 Å². The normalized spacial score (nSPS) is 16.2. The van der Waals surface area contributed by atoms with Crippen LogP contribution in [0.3, 0.4) is 0 Å².